The summed E-state index contributed by atoms with van der Waals surface area (Å²) in [6, 6.07) is 15.6. The Morgan fingerprint density at radius 3 is 2.56 bits per heavy atom. The van der Waals surface area contributed by atoms with Crippen LogP contribution in [0.15, 0.2) is 48.5 Å². The van der Waals surface area contributed by atoms with Gasteiger partial charge in [0.15, 0.2) is 6.10 Å². The maximum atomic E-state index is 12.8. The molecule has 0 aliphatic carbocycles. The monoisotopic (exact) mass is 367 g/mol. The molecule has 2 atom stereocenters. The molecule has 0 aromatic heterocycles. The standard InChI is InChI=1S/C23H29NO3/c1-5-23(6-2)15-19(18-12-8-10-14-21(18)27-23)24-22(25)17(4)26-20-13-9-7-11-16(20)3/h7-14,17,19H,5-6,15H2,1-4H3,(H,24,25)/t17-,19+/m1/s1. The van der Waals surface area contributed by atoms with Crippen LogP contribution in [0.1, 0.15) is 57.2 Å². The second-order valence-corrected chi connectivity index (χ2v) is 7.32. The predicted molar refractivity (Wildman–Crippen MR) is 107 cm³/mol. The molecule has 0 saturated carbocycles. The minimum atomic E-state index is -0.571. The van der Waals surface area contributed by atoms with Crippen LogP contribution in [0, 0.1) is 6.92 Å². The van der Waals surface area contributed by atoms with Gasteiger partial charge < -0.3 is 14.8 Å². The number of ether oxygens (including phenoxy) is 2. The van der Waals surface area contributed by atoms with Crippen LogP contribution in [-0.2, 0) is 4.79 Å². The number of carbonyl (C=O) groups is 1. The van der Waals surface area contributed by atoms with Gasteiger partial charge in [-0.25, -0.2) is 0 Å². The van der Waals surface area contributed by atoms with Crippen molar-refractivity contribution in [3.8, 4) is 11.5 Å². The summed E-state index contributed by atoms with van der Waals surface area (Å²) in [5, 5.41) is 3.19. The lowest BCUT2D eigenvalue weighted by Gasteiger charge is -2.41. The van der Waals surface area contributed by atoms with E-state index in [1.165, 1.54) is 0 Å². The third-order valence-electron chi connectivity index (χ3n) is 5.57. The van der Waals surface area contributed by atoms with Crippen molar-refractivity contribution in [1.29, 1.82) is 0 Å². The number of rotatable bonds is 6. The van der Waals surface area contributed by atoms with Gasteiger partial charge in [0.2, 0.25) is 0 Å². The van der Waals surface area contributed by atoms with Crippen molar-refractivity contribution in [2.24, 2.45) is 0 Å². The summed E-state index contributed by atoms with van der Waals surface area (Å²) in [5.41, 5.74) is 1.81. The molecule has 144 valence electrons. The molecule has 0 fully saturated rings. The van der Waals surface area contributed by atoms with Crippen LogP contribution in [0.25, 0.3) is 0 Å². The number of aryl methyl sites for hydroxylation is 1. The van der Waals surface area contributed by atoms with E-state index >= 15 is 0 Å². The summed E-state index contributed by atoms with van der Waals surface area (Å²) >= 11 is 0. The van der Waals surface area contributed by atoms with E-state index in [0.29, 0.717) is 0 Å². The maximum Gasteiger partial charge on any atom is 0.261 e. The molecule has 0 bridgehead atoms. The highest BCUT2D eigenvalue weighted by Crippen LogP contribution is 2.42. The highest BCUT2D eigenvalue weighted by Gasteiger charge is 2.39. The molecule has 0 radical (unpaired) electrons. The van der Waals surface area contributed by atoms with Crippen LogP contribution >= 0.6 is 0 Å². The smallest absolute Gasteiger partial charge is 0.261 e. The van der Waals surface area contributed by atoms with Crippen LogP contribution < -0.4 is 14.8 Å². The van der Waals surface area contributed by atoms with E-state index in [9.17, 15) is 4.79 Å². The van der Waals surface area contributed by atoms with Crippen molar-refractivity contribution >= 4 is 5.91 Å². The molecule has 1 amide bonds. The summed E-state index contributed by atoms with van der Waals surface area (Å²) in [4.78, 5) is 12.8. The molecule has 1 heterocycles. The molecule has 0 saturated heterocycles. The molecule has 2 aromatic carbocycles. The Morgan fingerprint density at radius 2 is 1.85 bits per heavy atom. The van der Waals surface area contributed by atoms with E-state index in [2.05, 4.69) is 19.2 Å². The first kappa shape index (κ1) is 19.3. The van der Waals surface area contributed by atoms with Crippen LogP contribution in [0.3, 0.4) is 0 Å². The first-order valence-electron chi connectivity index (χ1n) is 9.78. The topological polar surface area (TPSA) is 47.6 Å². The molecule has 3 rings (SSSR count). The summed E-state index contributed by atoms with van der Waals surface area (Å²) in [7, 11) is 0. The molecule has 4 nitrogen and oxygen atoms in total. The quantitative estimate of drug-likeness (QED) is 0.785. The van der Waals surface area contributed by atoms with E-state index < -0.39 is 6.10 Å². The number of hydrogen-bond donors (Lipinski definition) is 1. The number of para-hydroxylation sites is 2. The normalized spacial score (nSPS) is 18.7. The van der Waals surface area contributed by atoms with Crippen LogP contribution in [0.4, 0.5) is 0 Å². The molecule has 1 aliphatic heterocycles. The lowest BCUT2D eigenvalue weighted by atomic mass is 9.83. The van der Waals surface area contributed by atoms with Crippen molar-refractivity contribution in [2.45, 2.75) is 64.7 Å². The van der Waals surface area contributed by atoms with E-state index in [-0.39, 0.29) is 17.6 Å². The van der Waals surface area contributed by atoms with E-state index in [0.717, 1.165) is 41.9 Å². The van der Waals surface area contributed by atoms with Crippen molar-refractivity contribution < 1.29 is 14.3 Å². The average Bonchev–Trinajstić information content (AvgIpc) is 2.69. The predicted octanol–water partition coefficient (Wildman–Crippen LogP) is 4.96. The van der Waals surface area contributed by atoms with Gasteiger partial charge in [0.05, 0.1) is 6.04 Å². The second kappa shape index (κ2) is 8.03. The largest absolute Gasteiger partial charge is 0.487 e. The zero-order chi connectivity index (χ0) is 19.4. The zero-order valence-electron chi connectivity index (χ0n) is 16.6. The van der Waals surface area contributed by atoms with Crippen LogP contribution in [-0.4, -0.2) is 17.6 Å². The number of fused-ring (bicyclic) bond motifs is 1. The number of benzene rings is 2. The average molecular weight is 367 g/mol. The number of amides is 1. The fourth-order valence-electron chi connectivity index (χ4n) is 3.65. The first-order valence-corrected chi connectivity index (χ1v) is 9.78. The van der Waals surface area contributed by atoms with Gasteiger partial charge in [-0.15, -0.1) is 0 Å². The first-order chi connectivity index (χ1) is 13.0. The Bertz CT molecular complexity index is 798. The molecule has 2 aromatic rings. The van der Waals surface area contributed by atoms with E-state index in [1.807, 2.05) is 55.5 Å². The van der Waals surface area contributed by atoms with Gasteiger partial charge in [-0.05, 0) is 44.4 Å². The second-order valence-electron chi connectivity index (χ2n) is 7.32. The lowest BCUT2D eigenvalue weighted by molar-refractivity contribution is -0.128. The van der Waals surface area contributed by atoms with Gasteiger partial charge in [-0.2, -0.15) is 0 Å². The van der Waals surface area contributed by atoms with Crippen molar-refractivity contribution in [2.75, 3.05) is 0 Å². The van der Waals surface area contributed by atoms with Gasteiger partial charge in [-0.3, -0.25) is 4.79 Å². The fraction of sp³-hybridized carbons (Fsp3) is 0.435. The summed E-state index contributed by atoms with van der Waals surface area (Å²) in [6.07, 6.45) is 2.00. The molecule has 1 aliphatic rings. The molecule has 27 heavy (non-hydrogen) atoms. The number of nitrogens with one attached hydrogen (secondary N) is 1. The number of carbonyl (C=O) groups excluding carboxylic acids is 1. The summed E-state index contributed by atoms with van der Waals surface area (Å²) in [6.45, 7) is 8.05. The van der Waals surface area contributed by atoms with Gasteiger partial charge in [0.25, 0.3) is 5.91 Å². The molecule has 4 heteroatoms. The van der Waals surface area contributed by atoms with Crippen molar-refractivity contribution in [3.05, 3.63) is 59.7 Å². The van der Waals surface area contributed by atoms with Crippen molar-refractivity contribution in [3.63, 3.8) is 0 Å². The Balaban J connectivity index is 1.77. The molecule has 0 spiro atoms. The summed E-state index contributed by atoms with van der Waals surface area (Å²) < 4.78 is 12.2. The molecular formula is C23H29NO3. The van der Waals surface area contributed by atoms with E-state index in [1.54, 1.807) is 6.92 Å². The van der Waals surface area contributed by atoms with Gasteiger partial charge >= 0.3 is 0 Å². The van der Waals surface area contributed by atoms with Gasteiger partial charge in [-0.1, -0.05) is 50.2 Å². The Labute approximate surface area is 161 Å². The minimum absolute atomic E-state index is 0.0785. The number of hydrogen-bond acceptors (Lipinski definition) is 3. The summed E-state index contributed by atoms with van der Waals surface area (Å²) in [5.74, 6) is 1.50. The SMILES string of the molecule is CCC1(CC)C[C@H](NC(=O)[C@@H](C)Oc2ccccc2C)c2ccccc2O1. The maximum absolute atomic E-state index is 12.8. The molecule has 1 N–H and O–H groups in total. The Hall–Kier alpha value is -2.49. The third kappa shape index (κ3) is 4.10. The van der Waals surface area contributed by atoms with Gasteiger partial charge in [0, 0.05) is 12.0 Å². The van der Waals surface area contributed by atoms with Crippen LogP contribution in [0.5, 0.6) is 11.5 Å². The highest BCUT2D eigenvalue weighted by molar-refractivity contribution is 5.81. The van der Waals surface area contributed by atoms with Crippen LogP contribution in [0.2, 0.25) is 0 Å². The Kier molecular flexibility index (Phi) is 5.73. The Morgan fingerprint density at radius 1 is 1.19 bits per heavy atom. The van der Waals surface area contributed by atoms with Crippen molar-refractivity contribution in [1.82, 2.24) is 5.32 Å². The molecule has 0 unspecified atom stereocenters. The highest BCUT2D eigenvalue weighted by atomic mass is 16.5. The fourth-order valence-corrected chi connectivity index (χ4v) is 3.65. The van der Waals surface area contributed by atoms with E-state index in [4.69, 9.17) is 9.47 Å². The minimum Gasteiger partial charge on any atom is -0.487 e. The third-order valence-corrected chi connectivity index (χ3v) is 5.57. The zero-order valence-corrected chi connectivity index (χ0v) is 16.6. The van der Waals surface area contributed by atoms with Gasteiger partial charge in [0.1, 0.15) is 17.1 Å². The molecular weight excluding hydrogens is 338 g/mol. The lowest BCUT2D eigenvalue weighted by Crippen LogP contribution is -2.47.